The molecular weight excluding hydrogens is 513 g/mol. The lowest BCUT2D eigenvalue weighted by atomic mass is 9.96. The molecule has 4 atom stereocenters. The molecule has 5 amide bonds. The van der Waals surface area contributed by atoms with Gasteiger partial charge in [-0.05, 0) is 36.8 Å². The number of halogens is 1. The van der Waals surface area contributed by atoms with Gasteiger partial charge in [0.05, 0.1) is 12.2 Å². The fourth-order valence-electron chi connectivity index (χ4n) is 5.52. The Hall–Kier alpha value is -3.90. The van der Waals surface area contributed by atoms with Gasteiger partial charge in [-0.1, -0.05) is 25.7 Å². The Balaban J connectivity index is 1.40. The summed E-state index contributed by atoms with van der Waals surface area (Å²) in [5.41, 5.74) is 4.17. The van der Waals surface area contributed by atoms with Gasteiger partial charge >= 0.3 is 6.09 Å². The van der Waals surface area contributed by atoms with E-state index in [9.17, 15) is 33.5 Å². The van der Waals surface area contributed by atoms with E-state index in [-0.39, 0.29) is 36.2 Å². The molecule has 2 saturated carbocycles. The predicted molar refractivity (Wildman–Crippen MR) is 134 cm³/mol. The number of nitrogens with one attached hydrogen (secondary N) is 2. The van der Waals surface area contributed by atoms with Crippen LogP contribution in [-0.4, -0.2) is 81.9 Å². The number of ether oxygens (including phenoxy) is 1. The maximum absolute atomic E-state index is 14.0. The SMILES string of the molecule is CN(C(=O)C(CC1CC1)NC(=O)O)C(CC1CC1)C(=O)N1C[C@@]2(C[C@H]1C(N)=O)Oc1ccc(F)cc1NC2=O. The normalized spacial score (nSPS) is 25.2. The molecule has 4 aliphatic rings. The van der Waals surface area contributed by atoms with E-state index in [1.165, 1.54) is 29.0 Å². The molecule has 13 heteroatoms. The number of likely N-dealkylation sites (N-methyl/N-ethyl adjacent to an activating group) is 1. The van der Waals surface area contributed by atoms with E-state index in [0.29, 0.717) is 12.8 Å². The molecule has 1 aromatic rings. The van der Waals surface area contributed by atoms with Crippen molar-refractivity contribution in [1.82, 2.24) is 15.1 Å². The average molecular weight is 546 g/mol. The first kappa shape index (κ1) is 26.7. The van der Waals surface area contributed by atoms with Gasteiger partial charge in [0.25, 0.3) is 5.91 Å². The van der Waals surface area contributed by atoms with E-state index in [0.717, 1.165) is 31.7 Å². The second-order valence-electron chi connectivity index (χ2n) is 11.1. The number of carbonyl (C=O) groups excluding carboxylic acids is 4. The van der Waals surface area contributed by atoms with Gasteiger partial charge in [0.2, 0.25) is 23.3 Å². The Labute approximate surface area is 224 Å². The number of benzene rings is 1. The average Bonchev–Trinajstić information content (AvgIpc) is 3.81. The van der Waals surface area contributed by atoms with Crippen LogP contribution in [0.15, 0.2) is 18.2 Å². The number of carboxylic acid groups (broad SMARTS) is 1. The third kappa shape index (κ3) is 5.48. The quantitative estimate of drug-likeness (QED) is 0.359. The molecule has 5 rings (SSSR count). The van der Waals surface area contributed by atoms with Gasteiger partial charge in [0.15, 0.2) is 0 Å². The molecule has 2 aliphatic heterocycles. The van der Waals surface area contributed by atoms with Crippen LogP contribution in [0.25, 0.3) is 0 Å². The second kappa shape index (κ2) is 10.0. The Morgan fingerprint density at radius 3 is 2.51 bits per heavy atom. The zero-order valence-electron chi connectivity index (χ0n) is 21.5. The minimum atomic E-state index is -1.63. The highest BCUT2D eigenvalue weighted by Crippen LogP contribution is 2.42. The van der Waals surface area contributed by atoms with Crippen molar-refractivity contribution >= 4 is 35.4 Å². The van der Waals surface area contributed by atoms with E-state index < -0.39 is 59.3 Å². The zero-order valence-corrected chi connectivity index (χ0v) is 21.5. The molecule has 0 aromatic heterocycles. The third-order valence-electron chi connectivity index (χ3n) is 8.06. The van der Waals surface area contributed by atoms with Crippen molar-refractivity contribution in [3.8, 4) is 5.75 Å². The van der Waals surface area contributed by atoms with Crippen LogP contribution < -0.4 is 21.1 Å². The third-order valence-corrected chi connectivity index (χ3v) is 8.06. The van der Waals surface area contributed by atoms with Crippen LogP contribution in [0.1, 0.15) is 44.9 Å². The highest BCUT2D eigenvalue weighted by Gasteiger charge is 2.57. The summed E-state index contributed by atoms with van der Waals surface area (Å²) in [6.07, 6.45) is 2.71. The van der Waals surface area contributed by atoms with Gasteiger partial charge in [-0.3, -0.25) is 19.2 Å². The smallest absolute Gasteiger partial charge is 0.405 e. The van der Waals surface area contributed by atoms with E-state index in [4.69, 9.17) is 10.5 Å². The highest BCUT2D eigenvalue weighted by atomic mass is 19.1. The second-order valence-corrected chi connectivity index (χ2v) is 11.1. The summed E-state index contributed by atoms with van der Waals surface area (Å²) in [7, 11) is 1.45. The van der Waals surface area contributed by atoms with Crippen molar-refractivity contribution < 1.29 is 38.2 Å². The van der Waals surface area contributed by atoms with Crippen LogP contribution in [-0.2, 0) is 19.2 Å². The van der Waals surface area contributed by atoms with E-state index >= 15 is 0 Å². The Kier molecular flexibility index (Phi) is 6.85. The summed E-state index contributed by atoms with van der Waals surface area (Å²) in [6, 6.07) is 0.452. The molecule has 3 fully saturated rings. The molecule has 2 heterocycles. The summed E-state index contributed by atoms with van der Waals surface area (Å²) in [6.45, 7) is -0.301. The lowest BCUT2D eigenvalue weighted by molar-refractivity contribution is -0.148. The van der Waals surface area contributed by atoms with Crippen LogP contribution in [0.4, 0.5) is 14.9 Å². The van der Waals surface area contributed by atoms with Crippen molar-refractivity contribution in [2.45, 2.75) is 68.7 Å². The molecule has 5 N–H and O–H groups in total. The van der Waals surface area contributed by atoms with Gasteiger partial charge in [0, 0.05) is 19.5 Å². The molecule has 1 spiro atoms. The summed E-state index contributed by atoms with van der Waals surface area (Å²) in [5, 5.41) is 14.2. The minimum Gasteiger partial charge on any atom is -0.473 e. The van der Waals surface area contributed by atoms with Crippen molar-refractivity contribution in [1.29, 1.82) is 0 Å². The number of hydrogen-bond acceptors (Lipinski definition) is 6. The number of nitrogens with zero attached hydrogens (tertiary/aromatic N) is 2. The number of fused-ring (bicyclic) bond motifs is 1. The van der Waals surface area contributed by atoms with Crippen LogP contribution in [0.5, 0.6) is 5.75 Å². The summed E-state index contributed by atoms with van der Waals surface area (Å²) in [5.74, 6) is -2.51. The maximum atomic E-state index is 14.0. The van der Waals surface area contributed by atoms with Gasteiger partial charge in [-0.15, -0.1) is 0 Å². The Morgan fingerprint density at radius 1 is 1.23 bits per heavy atom. The predicted octanol–water partition coefficient (Wildman–Crippen LogP) is 1.05. The number of carbonyl (C=O) groups is 5. The molecule has 1 saturated heterocycles. The monoisotopic (exact) mass is 545 g/mol. The minimum absolute atomic E-state index is 0.135. The van der Waals surface area contributed by atoms with Crippen molar-refractivity contribution in [3.63, 3.8) is 0 Å². The standard InChI is InChI=1S/C26H32FN5O7/c1-31(22(34)17(30-25(37)38)8-13-2-3-13)18(9-14-4-5-14)23(35)32-12-26(11-19(32)21(28)33)24(36)29-16-10-15(27)6-7-20(16)39-26/h6-7,10,13-14,17-19,30H,2-5,8-9,11-12H2,1H3,(H2,28,33)(H,29,36)(H,37,38)/t17?,18?,19-,26+/m0/s1. The van der Waals surface area contributed by atoms with Crippen LogP contribution in [0.2, 0.25) is 0 Å². The largest absolute Gasteiger partial charge is 0.473 e. The Morgan fingerprint density at radius 2 is 1.90 bits per heavy atom. The molecule has 1 aromatic carbocycles. The lowest BCUT2D eigenvalue weighted by Crippen LogP contribution is -2.58. The molecule has 0 bridgehead atoms. The van der Waals surface area contributed by atoms with E-state index in [1.807, 2.05) is 0 Å². The number of hydrogen-bond donors (Lipinski definition) is 4. The fraction of sp³-hybridized carbons (Fsp3) is 0.577. The highest BCUT2D eigenvalue weighted by molar-refractivity contribution is 6.03. The number of anilines is 1. The Bertz CT molecular complexity index is 1220. The molecule has 2 aliphatic carbocycles. The van der Waals surface area contributed by atoms with Crippen LogP contribution >= 0.6 is 0 Å². The molecular formula is C26H32FN5O7. The summed E-state index contributed by atoms with van der Waals surface area (Å²) in [4.78, 5) is 66.9. The first-order chi connectivity index (χ1) is 18.5. The maximum Gasteiger partial charge on any atom is 0.405 e. The van der Waals surface area contributed by atoms with Gasteiger partial charge < -0.3 is 36.0 Å². The van der Waals surface area contributed by atoms with Gasteiger partial charge in [-0.25, -0.2) is 9.18 Å². The molecule has 12 nitrogen and oxygen atoms in total. The van der Waals surface area contributed by atoms with Crippen LogP contribution in [0, 0.1) is 17.7 Å². The van der Waals surface area contributed by atoms with Crippen molar-refractivity contribution in [3.05, 3.63) is 24.0 Å². The number of likely N-dealkylation sites (tertiary alicyclic amines) is 1. The molecule has 39 heavy (non-hydrogen) atoms. The number of amides is 5. The number of nitrogens with two attached hydrogens (primary N) is 1. The first-order valence-electron chi connectivity index (χ1n) is 13.1. The van der Waals surface area contributed by atoms with Gasteiger partial charge in [0.1, 0.15) is 29.7 Å². The molecule has 0 radical (unpaired) electrons. The fourth-order valence-corrected chi connectivity index (χ4v) is 5.52. The van der Waals surface area contributed by atoms with E-state index in [2.05, 4.69) is 10.6 Å². The number of primary amides is 1. The van der Waals surface area contributed by atoms with Crippen LogP contribution in [0.3, 0.4) is 0 Å². The molecule has 210 valence electrons. The number of rotatable bonds is 9. The lowest BCUT2D eigenvalue weighted by Gasteiger charge is -2.36. The van der Waals surface area contributed by atoms with Crippen molar-refractivity contribution in [2.24, 2.45) is 17.6 Å². The zero-order chi connectivity index (χ0) is 28.1. The van der Waals surface area contributed by atoms with Crippen molar-refractivity contribution in [2.75, 3.05) is 18.9 Å². The summed E-state index contributed by atoms with van der Waals surface area (Å²) < 4.78 is 19.7. The van der Waals surface area contributed by atoms with E-state index in [1.54, 1.807) is 0 Å². The van der Waals surface area contributed by atoms with Gasteiger partial charge in [-0.2, -0.15) is 0 Å². The molecule has 2 unspecified atom stereocenters. The summed E-state index contributed by atoms with van der Waals surface area (Å²) >= 11 is 0. The first-order valence-corrected chi connectivity index (χ1v) is 13.1. The topological polar surface area (TPSA) is 171 Å².